The van der Waals surface area contributed by atoms with E-state index in [1.807, 2.05) is 6.92 Å². The van der Waals surface area contributed by atoms with Gasteiger partial charge in [-0.2, -0.15) is 0 Å². The van der Waals surface area contributed by atoms with Gasteiger partial charge >= 0.3 is 0 Å². The fourth-order valence-electron chi connectivity index (χ4n) is 2.29. The molecule has 0 spiro atoms. The van der Waals surface area contributed by atoms with Crippen LogP contribution in [0.25, 0.3) is 6.08 Å². The van der Waals surface area contributed by atoms with E-state index in [9.17, 15) is 20.0 Å². The highest BCUT2D eigenvalue weighted by Crippen LogP contribution is 2.32. The molecule has 138 valence electrons. The highest BCUT2D eigenvalue weighted by atomic mass is 32.2. The van der Waals surface area contributed by atoms with Crippen LogP contribution in [0.4, 0.5) is 11.4 Å². The lowest BCUT2D eigenvalue weighted by Gasteiger charge is -2.02. The van der Waals surface area contributed by atoms with Gasteiger partial charge in [-0.3, -0.25) is 14.9 Å². The van der Waals surface area contributed by atoms with Crippen LogP contribution in [0.1, 0.15) is 12.5 Å². The smallest absolute Gasteiger partial charge is 0.270 e. The topological polar surface area (TPSA) is 114 Å². The van der Waals surface area contributed by atoms with Crippen molar-refractivity contribution in [3.05, 3.63) is 63.0 Å². The quantitative estimate of drug-likeness (QED) is 0.462. The summed E-state index contributed by atoms with van der Waals surface area (Å²) >= 11 is 1.08. The molecule has 8 nitrogen and oxygen atoms in total. The Kier molecular flexibility index (Phi) is 5.41. The zero-order valence-electron chi connectivity index (χ0n) is 14.2. The summed E-state index contributed by atoms with van der Waals surface area (Å²) in [6.45, 7) is 2.46. The van der Waals surface area contributed by atoms with Crippen molar-refractivity contribution in [2.75, 3.05) is 6.61 Å². The zero-order chi connectivity index (χ0) is 19.4. The van der Waals surface area contributed by atoms with Crippen LogP contribution in [0.5, 0.6) is 11.5 Å². The molecule has 0 aromatic heterocycles. The minimum atomic E-state index is -0.567. The molecule has 1 amide bonds. The molecule has 0 saturated carbocycles. The summed E-state index contributed by atoms with van der Waals surface area (Å²) in [6, 6.07) is 10.7. The van der Waals surface area contributed by atoms with Gasteiger partial charge in [0.25, 0.3) is 11.6 Å². The molecule has 1 heterocycles. The molecule has 1 fully saturated rings. The van der Waals surface area contributed by atoms with Gasteiger partial charge in [0.2, 0.25) is 0 Å². The van der Waals surface area contributed by atoms with Gasteiger partial charge in [0.1, 0.15) is 11.5 Å². The van der Waals surface area contributed by atoms with Gasteiger partial charge in [0.15, 0.2) is 5.17 Å². The van der Waals surface area contributed by atoms with Crippen molar-refractivity contribution in [2.45, 2.75) is 6.92 Å². The lowest BCUT2D eigenvalue weighted by molar-refractivity contribution is -0.384. The van der Waals surface area contributed by atoms with E-state index in [1.54, 1.807) is 24.3 Å². The second kappa shape index (κ2) is 7.92. The molecule has 2 aromatic rings. The first-order chi connectivity index (χ1) is 13.0. The third kappa shape index (κ3) is 4.45. The lowest BCUT2D eigenvalue weighted by Crippen LogP contribution is -2.19. The number of rotatable bonds is 5. The average molecular weight is 385 g/mol. The Morgan fingerprint density at radius 1 is 1.30 bits per heavy atom. The minimum absolute atomic E-state index is 0.154. The predicted molar refractivity (Wildman–Crippen MR) is 103 cm³/mol. The molecule has 1 aliphatic heterocycles. The van der Waals surface area contributed by atoms with E-state index in [2.05, 4.69) is 10.3 Å². The van der Waals surface area contributed by atoms with E-state index in [0.29, 0.717) is 17.5 Å². The number of non-ortho nitro benzene ring substituents is 1. The summed E-state index contributed by atoms with van der Waals surface area (Å²) in [7, 11) is 0. The third-order valence-corrected chi connectivity index (χ3v) is 4.45. The number of hydrogen-bond acceptors (Lipinski definition) is 7. The van der Waals surface area contributed by atoms with Crippen molar-refractivity contribution in [1.29, 1.82) is 0 Å². The molecule has 27 heavy (non-hydrogen) atoms. The van der Waals surface area contributed by atoms with Gasteiger partial charge in [-0.15, -0.1) is 0 Å². The Morgan fingerprint density at radius 3 is 2.70 bits per heavy atom. The Morgan fingerprint density at radius 2 is 2.04 bits per heavy atom. The van der Waals surface area contributed by atoms with Crippen molar-refractivity contribution >= 4 is 40.3 Å². The van der Waals surface area contributed by atoms with E-state index < -0.39 is 10.8 Å². The Balaban J connectivity index is 1.82. The molecule has 3 rings (SSSR count). The van der Waals surface area contributed by atoms with E-state index in [4.69, 9.17) is 4.74 Å². The highest BCUT2D eigenvalue weighted by molar-refractivity contribution is 8.18. The molecule has 9 heteroatoms. The third-order valence-electron chi connectivity index (χ3n) is 3.54. The molecule has 2 N–H and O–H groups in total. The fraction of sp³-hybridized carbons (Fsp3) is 0.111. The molecular formula is C18H15N3O5S. The monoisotopic (exact) mass is 385 g/mol. The highest BCUT2D eigenvalue weighted by Gasteiger charge is 2.24. The lowest BCUT2D eigenvalue weighted by atomic mass is 10.1. The molecule has 2 aromatic carbocycles. The SMILES string of the molecule is CCOc1ccc(N=C2NC(=O)/C(=C\c3cc([N+](=O)[O-])ccc3O)S2)cc1. The first-order valence-electron chi connectivity index (χ1n) is 7.96. The second-order valence-electron chi connectivity index (χ2n) is 5.41. The molecule has 1 aliphatic rings. The van der Waals surface area contributed by atoms with Gasteiger partial charge < -0.3 is 15.2 Å². The van der Waals surface area contributed by atoms with Crippen molar-refractivity contribution in [3.63, 3.8) is 0 Å². The van der Waals surface area contributed by atoms with E-state index in [1.165, 1.54) is 24.3 Å². The number of amidine groups is 1. The maximum absolute atomic E-state index is 12.1. The number of hydrogen-bond donors (Lipinski definition) is 2. The first-order valence-corrected chi connectivity index (χ1v) is 8.78. The van der Waals surface area contributed by atoms with Crippen molar-refractivity contribution in [2.24, 2.45) is 4.99 Å². The number of ether oxygens (including phenoxy) is 1. The van der Waals surface area contributed by atoms with E-state index >= 15 is 0 Å². The van der Waals surface area contributed by atoms with Crippen LogP contribution >= 0.6 is 11.8 Å². The molecule has 1 saturated heterocycles. The Hall–Kier alpha value is -3.33. The van der Waals surface area contributed by atoms with Gasteiger partial charge in [0.05, 0.1) is 22.1 Å². The van der Waals surface area contributed by atoms with Crippen LogP contribution in [0, 0.1) is 10.1 Å². The number of aliphatic imine (C=N–C) groups is 1. The molecule has 0 bridgehead atoms. The molecule has 0 atom stereocenters. The first kappa shape index (κ1) is 18.5. The number of aromatic hydroxyl groups is 1. The standard InChI is InChI=1S/C18H15N3O5S/c1-2-26-14-6-3-12(4-7-14)19-18-20-17(23)16(27-18)10-11-9-13(21(24)25)5-8-15(11)22/h3-10,22H,2H2,1H3,(H,19,20,23)/b16-10+. The maximum atomic E-state index is 12.1. The normalized spacial score (nSPS) is 16.6. The van der Waals surface area contributed by atoms with Crippen molar-refractivity contribution in [3.8, 4) is 11.5 Å². The average Bonchev–Trinajstić information content (AvgIpc) is 2.97. The van der Waals surface area contributed by atoms with E-state index in [0.717, 1.165) is 17.5 Å². The Labute approximate surface area is 158 Å². The van der Waals surface area contributed by atoms with Crippen LogP contribution in [-0.2, 0) is 4.79 Å². The number of carbonyl (C=O) groups is 1. The number of amides is 1. The number of thioether (sulfide) groups is 1. The summed E-state index contributed by atoms with van der Waals surface area (Å²) in [5.41, 5.74) is 0.649. The number of nitro benzene ring substituents is 1. The number of carbonyl (C=O) groups excluding carboxylic acids is 1. The van der Waals surface area contributed by atoms with Crippen LogP contribution < -0.4 is 10.1 Å². The van der Waals surface area contributed by atoms with Crippen LogP contribution in [0.3, 0.4) is 0 Å². The number of nitrogens with zero attached hydrogens (tertiary/aromatic N) is 2. The van der Waals surface area contributed by atoms with Gasteiger partial charge in [-0.1, -0.05) is 0 Å². The predicted octanol–water partition coefficient (Wildman–Crippen LogP) is 3.59. The van der Waals surface area contributed by atoms with Crippen LogP contribution in [0.2, 0.25) is 0 Å². The van der Waals surface area contributed by atoms with Crippen LogP contribution in [0.15, 0.2) is 52.4 Å². The summed E-state index contributed by atoms with van der Waals surface area (Å²) in [4.78, 5) is 27.1. The molecule has 0 radical (unpaired) electrons. The summed E-state index contributed by atoms with van der Waals surface area (Å²) in [5.74, 6) is 0.181. The van der Waals surface area contributed by atoms with Gasteiger partial charge in [0, 0.05) is 17.7 Å². The number of phenolic OH excluding ortho intramolecular Hbond substituents is 1. The van der Waals surface area contributed by atoms with Gasteiger partial charge in [-0.25, -0.2) is 4.99 Å². The van der Waals surface area contributed by atoms with Crippen molar-refractivity contribution in [1.82, 2.24) is 5.32 Å². The maximum Gasteiger partial charge on any atom is 0.270 e. The molecular weight excluding hydrogens is 370 g/mol. The number of nitrogens with one attached hydrogen (secondary N) is 1. The summed E-state index contributed by atoms with van der Waals surface area (Å²) in [6.07, 6.45) is 1.39. The Bertz CT molecular complexity index is 954. The second-order valence-corrected chi connectivity index (χ2v) is 6.44. The van der Waals surface area contributed by atoms with E-state index in [-0.39, 0.29) is 21.9 Å². The number of nitro groups is 1. The number of phenols is 1. The minimum Gasteiger partial charge on any atom is -0.507 e. The van der Waals surface area contributed by atoms with Crippen molar-refractivity contribution < 1.29 is 19.6 Å². The zero-order valence-corrected chi connectivity index (χ0v) is 15.0. The fourth-order valence-corrected chi connectivity index (χ4v) is 3.13. The van der Waals surface area contributed by atoms with Crippen LogP contribution in [-0.4, -0.2) is 27.7 Å². The largest absolute Gasteiger partial charge is 0.507 e. The number of benzene rings is 2. The van der Waals surface area contributed by atoms with Gasteiger partial charge in [-0.05, 0) is 55.1 Å². The summed E-state index contributed by atoms with van der Waals surface area (Å²) < 4.78 is 5.36. The summed E-state index contributed by atoms with van der Waals surface area (Å²) in [5, 5.41) is 23.8. The molecule has 0 aliphatic carbocycles. The molecule has 0 unspecified atom stereocenters.